The number of rotatable bonds is 3. The standard InChI is InChI=1S/C12H18N6S/c1-16-6-10(5-14-16)11-8-19-4-3-18(11)7-12-13-9-15-17(12)2/h5-6,9,11H,3-4,7-8H2,1-2H3/t11-/m0/s1. The third kappa shape index (κ3) is 2.66. The van der Waals surface area contributed by atoms with Crippen molar-refractivity contribution < 1.29 is 0 Å². The highest BCUT2D eigenvalue weighted by atomic mass is 32.2. The van der Waals surface area contributed by atoms with Crippen LogP contribution in [0, 0.1) is 0 Å². The van der Waals surface area contributed by atoms with Crippen molar-refractivity contribution in [3.63, 3.8) is 0 Å². The van der Waals surface area contributed by atoms with Gasteiger partial charge in [-0.15, -0.1) is 0 Å². The molecule has 1 aliphatic heterocycles. The Balaban J connectivity index is 1.79. The highest BCUT2D eigenvalue weighted by Gasteiger charge is 2.26. The normalized spacial score (nSPS) is 20.8. The molecule has 0 amide bonds. The van der Waals surface area contributed by atoms with Gasteiger partial charge in [0.15, 0.2) is 0 Å². The summed E-state index contributed by atoms with van der Waals surface area (Å²) in [6.07, 6.45) is 5.70. The van der Waals surface area contributed by atoms with Crippen LogP contribution in [0.5, 0.6) is 0 Å². The van der Waals surface area contributed by atoms with E-state index in [9.17, 15) is 0 Å². The third-order valence-corrected chi connectivity index (χ3v) is 4.52. The molecule has 2 aromatic heterocycles. The lowest BCUT2D eigenvalue weighted by Gasteiger charge is -2.34. The second-order valence-corrected chi connectivity index (χ2v) is 5.96. The topological polar surface area (TPSA) is 51.8 Å². The van der Waals surface area contributed by atoms with E-state index in [0.717, 1.165) is 24.7 Å². The first-order valence-corrected chi connectivity index (χ1v) is 7.52. The summed E-state index contributed by atoms with van der Waals surface area (Å²) in [6, 6.07) is 0.421. The molecule has 6 nitrogen and oxygen atoms in total. The molecule has 1 atom stereocenters. The SMILES string of the molecule is Cn1cc([C@@H]2CSCCN2Cc2ncnn2C)cn1. The largest absolute Gasteiger partial charge is 0.287 e. The Labute approximate surface area is 116 Å². The van der Waals surface area contributed by atoms with Gasteiger partial charge in [0.25, 0.3) is 0 Å². The Morgan fingerprint density at radius 2 is 2.26 bits per heavy atom. The van der Waals surface area contributed by atoms with Crippen molar-refractivity contribution >= 4 is 11.8 Å². The van der Waals surface area contributed by atoms with Gasteiger partial charge in [-0.1, -0.05) is 0 Å². The van der Waals surface area contributed by atoms with E-state index in [0.29, 0.717) is 6.04 Å². The zero-order valence-electron chi connectivity index (χ0n) is 11.2. The molecule has 7 heteroatoms. The van der Waals surface area contributed by atoms with Gasteiger partial charge in [0, 0.05) is 49.9 Å². The Hall–Kier alpha value is -1.34. The number of hydrogen-bond acceptors (Lipinski definition) is 5. The van der Waals surface area contributed by atoms with Crippen LogP contribution in [0.25, 0.3) is 0 Å². The lowest BCUT2D eigenvalue weighted by molar-refractivity contribution is 0.204. The van der Waals surface area contributed by atoms with Crippen LogP contribution in [0.2, 0.25) is 0 Å². The first kappa shape index (κ1) is 12.7. The Morgan fingerprint density at radius 3 is 2.95 bits per heavy atom. The van der Waals surface area contributed by atoms with Gasteiger partial charge in [0.2, 0.25) is 0 Å². The molecule has 0 aliphatic carbocycles. The maximum Gasteiger partial charge on any atom is 0.140 e. The summed E-state index contributed by atoms with van der Waals surface area (Å²) < 4.78 is 3.72. The molecule has 1 aliphatic rings. The monoisotopic (exact) mass is 278 g/mol. The molecule has 0 saturated carbocycles. The lowest BCUT2D eigenvalue weighted by atomic mass is 10.1. The summed E-state index contributed by atoms with van der Waals surface area (Å²) in [4.78, 5) is 6.80. The summed E-state index contributed by atoms with van der Waals surface area (Å²) in [6.45, 7) is 1.92. The molecule has 1 fully saturated rings. The molecule has 19 heavy (non-hydrogen) atoms. The molecule has 2 aromatic rings. The van der Waals surface area contributed by atoms with Gasteiger partial charge in [-0.3, -0.25) is 14.3 Å². The van der Waals surface area contributed by atoms with Crippen LogP contribution in [0.1, 0.15) is 17.4 Å². The number of nitrogens with zero attached hydrogens (tertiary/aromatic N) is 6. The first-order chi connectivity index (χ1) is 9.24. The van der Waals surface area contributed by atoms with Crippen LogP contribution < -0.4 is 0 Å². The van der Waals surface area contributed by atoms with E-state index < -0.39 is 0 Å². The van der Waals surface area contributed by atoms with Crippen molar-refractivity contribution in [1.29, 1.82) is 0 Å². The maximum absolute atomic E-state index is 4.33. The predicted molar refractivity (Wildman–Crippen MR) is 74.7 cm³/mol. The van der Waals surface area contributed by atoms with Gasteiger partial charge < -0.3 is 0 Å². The minimum atomic E-state index is 0.421. The maximum atomic E-state index is 4.33. The van der Waals surface area contributed by atoms with E-state index in [2.05, 4.69) is 26.3 Å². The van der Waals surface area contributed by atoms with Gasteiger partial charge in [0.05, 0.1) is 12.7 Å². The fourth-order valence-corrected chi connectivity index (χ4v) is 3.55. The van der Waals surface area contributed by atoms with Crippen molar-refractivity contribution in [1.82, 2.24) is 29.4 Å². The summed E-state index contributed by atoms with van der Waals surface area (Å²) in [5.74, 6) is 3.30. The smallest absolute Gasteiger partial charge is 0.140 e. The van der Waals surface area contributed by atoms with Crippen molar-refractivity contribution in [3.05, 3.63) is 30.1 Å². The highest BCUT2D eigenvalue weighted by Crippen LogP contribution is 2.30. The van der Waals surface area contributed by atoms with Crippen LogP contribution in [-0.4, -0.2) is 47.5 Å². The van der Waals surface area contributed by atoms with E-state index in [1.54, 1.807) is 6.33 Å². The van der Waals surface area contributed by atoms with Gasteiger partial charge in [-0.2, -0.15) is 22.0 Å². The zero-order valence-corrected chi connectivity index (χ0v) is 12.0. The average Bonchev–Trinajstić information content (AvgIpc) is 3.00. The Bertz CT molecular complexity index is 548. The molecule has 0 unspecified atom stereocenters. The highest BCUT2D eigenvalue weighted by molar-refractivity contribution is 7.99. The van der Waals surface area contributed by atoms with Crippen molar-refractivity contribution in [2.75, 3.05) is 18.1 Å². The van der Waals surface area contributed by atoms with Gasteiger partial charge >= 0.3 is 0 Å². The zero-order chi connectivity index (χ0) is 13.2. The van der Waals surface area contributed by atoms with E-state index >= 15 is 0 Å². The second kappa shape index (κ2) is 5.34. The van der Waals surface area contributed by atoms with Crippen molar-refractivity contribution in [2.45, 2.75) is 12.6 Å². The van der Waals surface area contributed by atoms with Gasteiger partial charge in [-0.25, -0.2) is 4.98 Å². The summed E-state index contributed by atoms with van der Waals surface area (Å²) in [5, 5.41) is 8.43. The van der Waals surface area contributed by atoms with Crippen molar-refractivity contribution in [3.8, 4) is 0 Å². The predicted octanol–water partition coefficient (Wildman–Crippen LogP) is 0.839. The summed E-state index contributed by atoms with van der Waals surface area (Å²) >= 11 is 2.01. The second-order valence-electron chi connectivity index (χ2n) is 4.81. The Kier molecular flexibility index (Phi) is 3.56. The average molecular weight is 278 g/mol. The van der Waals surface area contributed by atoms with Crippen LogP contribution in [0.4, 0.5) is 0 Å². The van der Waals surface area contributed by atoms with Crippen LogP contribution in [0.3, 0.4) is 0 Å². The first-order valence-electron chi connectivity index (χ1n) is 6.37. The molecule has 3 rings (SSSR count). The van der Waals surface area contributed by atoms with Crippen molar-refractivity contribution in [2.24, 2.45) is 14.1 Å². The molecule has 3 heterocycles. The number of thioether (sulfide) groups is 1. The van der Waals surface area contributed by atoms with E-state index in [4.69, 9.17) is 0 Å². The van der Waals surface area contributed by atoms with E-state index in [1.807, 2.05) is 41.4 Å². The Morgan fingerprint density at radius 1 is 1.37 bits per heavy atom. The van der Waals surface area contributed by atoms with E-state index in [1.165, 1.54) is 11.3 Å². The number of hydrogen-bond donors (Lipinski definition) is 0. The molecular formula is C12H18N6S. The molecule has 1 saturated heterocycles. The van der Waals surface area contributed by atoms with E-state index in [-0.39, 0.29) is 0 Å². The van der Waals surface area contributed by atoms with Crippen LogP contribution in [-0.2, 0) is 20.6 Å². The molecule has 0 radical (unpaired) electrons. The minimum Gasteiger partial charge on any atom is -0.287 e. The van der Waals surface area contributed by atoms with Crippen LogP contribution >= 0.6 is 11.8 Å². The quantitative estimate of drug-likeness (QED) is 0.833. The third-order valence-electron chi connectivity index (χ3n) is 3.50. The lowest BCUT2D eigenvalue weighted by Crippen LogP contribution is -2.36. The number of aryl methyl sites for hydroxylation is 2. The molecule has 0 spiro atoms. The fraction of sp³-hybridized carbons (Fsp3) is 0.583. The molecular weight excluding hydrogens is 260 g/mol. The molecule has 0 bridgehead atoms. The van der Waals surface area contributed by atoms with Gasteiger partial charge in [0.1, 0.15) is 12.2 Å². The summed E-state index contributed by atoms with van der Waals surface area (Å²) in [5.41, 5.74) is 1.29. The van der Waals surface area contributed by atoms with Crippen LogP contribution in [0.15, 0.2) is 18.7 Å². The number of aromatic nitrogens is 5. The summed E-state index contributed by atoms with van der Waals surface area (Å²) in [7, 11) is 3.91. The molecule has 102 valence electrons. The van der Waals surface area contributed by atoms with Gasteiger partial charge in [-0.05, 0) is 0 Å². The molecule has 0 N–H and O–H groups in total. The minimum absolute atomic E-state index is 0.421. The molecule has 0 aromatic carbocycles. The fourth-order valence-electron chi connectivity index (χ4n) is 2.39.